The summed E-state index contributed by atoms with van der Waals surface area (Å²) in [6, 6.07) is 10.9. The van der Waals surface area contributed by atoms with Gasteiger partial charge in [0.05, 0.1) is 6.61 Å². The summed E-state index contributed by atoms with van der Waals surface area (Å²) in [7, 11) is 0. The van der Waals surface area contributed by atoms with Crippen LogP contribution < -0.4 is 14.8 Å². The first-order valence-electron chi connectivity index (χ1n) is 9.07. The Morgan fingerprint density at radius 3 is 2.96 bits per heavy atom. The fraction of sp³-hybridized carbons (Fsp3) is 0.273. The lowest BCUT2D eigenvalue weighted by Gasteiger charge is -2.11. The predicted molar refractivity (Wildman–Crippen MR) is 110 cm³/mol. The average molecular weight is 397 g/mol. The maximum atomic E-state index is 12.6. The van der Waals surface area contributed by atoms with Crippen LogP contribution in [0.2, 0.25) is 5.02 Å². The van der Waals surface area contributed by atoms with Crippen LogP contribution in [0.5, 0.6) is 11.5 Å². The molecule has 1 N–H and O–H groups in total. The van der Waals surface area contributed by atoms with Crippen molar-refractivity contribution in [2.45, 2.75) is 33.3 Å². The second-order valence-electron chi connectivity index (χ2n) is 6.60. The number of anilines is 1. The summed E-state index contributed by atoms with van der Waals surface area (Å²) in [4.78, 5) is 12.6. The Morgan fingerprint density at radius 2 is 2.25 bits per heavy atom. The van der Waals surface area contributed by atoms with Crippen molar-refractivity contribution >= 4 is 29.3 Å². The standard InChI is InChI=1S/C22H21ClN2O3/c1-4-27-20-10-15-8-13(2)28-21(15)11-16(20)9-17(12-24)22(26)25-19-7-5-6-18(23)14(19)3/h5-7,9-11,13H,4,8H2,1-3H3,(H,25,26)/b17-9+/t13-/m1/s1. The molecule has 1 aliphatic rings. The van der Waals surface area contributed by atoms with Crippen LogP contribution in [-0.2, 0) is 11.2 Å². The molecule has 0 saturated heterocycles. The van der Waals surface area contributed by atoms with E-state index >= 15 is 0 Å². The Morgan fingerprint density at radius 1 is 1.46 bits per heavy atom. The Kier molecular flexibility index (Phi) is 5.91. The number of hydrogen-bond acceptors (Lipinski definition) is 4. The number of carbonyl (C=O) groups excluding carboxylic acids is 1. The van der Waals surface area contributed by atoms with Crippen LogP contribution in [0.1, 0.15) is 30.5 Å². The molecule has 28 heavy (non-hydrogen) atoms. The number of benzene rings is 2. The van der Waals surface area contributed by atoms with Gasteiger partial charge in [0.2, 0.25) is 0 Å². The molecule has 0 aliphatic carbocycles. The summed E-state index contributed by atoms with van der Waals surface area (Å²) < 4.78 is 11.5. The van der Waals surface area contributed by atoms with Crippen molar-refractivity contribution in [3.8, 4) is 17.6 Å². The number of amides is 1. The quantitative estimate of drug-likeness (QED) is 0.575. The first-order valence-corrected chi connectivity index (χ1v) is 9.45. The SMILES string of the molecule is CCOc1cc2c(cc1/C=C(\C#N)C(=O)Nc1cccc(Cl)c1C)O[C@H](C)C2. The monoisotopic (exact) mass is 396 g/mol. The van der Waals surface area contributed by atoms with Gasteiger partial charge in [-0.3, -0.25) is 4.79 Å². The van der Waals surface area contributed by atoms with Crippen LogP contribution in [0.25, 0.3) is 6.08 Å². The average Bonchev–Trinajstić information content (AvgIpc) is 3.02. The molecular formula is C22H21ClN2O3. The van der Waals surface area contributed by atoms with Gasteiger partial charge in [0.15, 0.2) is 0 Å². The highest BCUT2D eigenvalue weighted by Crippen LogP contribution is 2.36. The molecule has 0 fully saturated rings. The molecule has 3 rings (SSSR count). The Labute approximate surface area is 169 Å². The van der Waals surface area contributed by atoms with Crippen LogP contribution in [0, 0.1) is 18.3 Å². The molecule has 1 amide bonds. The van der Waals surface area contributed by atoms with Crippen molar-refractivity contribution in [1.82, 2.24) is 0 Å². The number of nitrogens with zero attached hydrogens (tertiary/aromatic N) is 1. The third-order valence-electron chi connectivity index (χ3n) is 4.51. The fourth-order valence-electron chi connectivity index (χ4n) is 3.09. The molecule has 6 heteroatoms. The van der Waals surface area contributed by atoms with Crippen LogP contribution in [0.4, 0.5) is 5.69 Å². The lowest BCUT2D eigenvalue weighted by Crippen LogP contribution is -2.14. The first kappa shape index (κ1) is 19.8. The number of hydrogen-bond donors (Lipinski definition) is 1. The minimum atomic E-state index is -0.509. The summed E-state index contributed by atoms with van der Waals surface area (Å²) in [5.74, 6) is 0.870. The molecule has 1 atom stereocenters. The highest BCUT2D eigenvalue weighted by atomic mass is 35.5. The summed E-state index contributed by atoms with van der Waals surface area (Å²) >= 11 is 6.10. The van der Waals surface area contributed by atoms with Gasteiger partial charge in [0.1, 0.15) is 29.2 Å². The van der Waals surface area contributed by atoms with Crippen LogP contribution in [0.15, 0.2) is 35.9 Å². The maximum absolute atomic E-state index is 12.6. The molecule has 0 saturated carbocycles. The van der Waals surface area contributed by atoms with E-state index < -0.39 is 5.91 Å². The third kappa shape index (κ3) is 4.13. The van der Waals surface area contributed by atoms with Crippen molar-refractivity contribution in [2.75, 3.05) is 11.9 Å². The lowest BCUT2D eigenvalue weighted by atomic mass is 10.0. The van der Waals surface area contributed by atoms with Gasteiger partial charge in [-0.2, -0.15) is 5.26 Å². The number of nitrogens with one attached hydrogen (secondary N) is 1. The van der Waals surface area contributed by atoms with Gasteiger partial charge in [0.25, 0.3) is 5.91 Å². The van der Waals surface area contributed by atoms with Gasteiger partial charge in [-0.25, -0.2) is 0 Å². The number of ether oxygens (including phenoxy) is 2. The van der Waals surface area contributed by atoms with Crippen molar-refractivity contribution < 1.29 is 14.3 Å². The van der Waals surface area contributed by atoms with E-state index in [1.807, 2.05) is 32.0 Å². The zero-order valence-electron chi connectivity index (χ0n) is 16.0. The van der Waals surface area contributed by atoms with Gasteiger partial charge in [-0.05, 0) is 56.7 Å². The van der Waals surface area contributed by atoms with Crippen molar-refractivity contribution in [3.63, 3.8) is 0 Å². The topological polar surface area (TPSA) is 71.3 Å². The second-order valence-corrected chi connectivity index (χ2v) is 7.01. The van der Waals surface area contributed by atoms with E-state index in [0.29, 0.717) is 28.6 Å². The smallest absolute Gasteiger partial charge is 0.266 e. The van der Waals surface area contributed by atoms with Gasteiger partial charge in [-0.15, -0.1) is 0 Å². The van der Waals surface area contributed by atoms with Crippen molar-refractivity contribution in [2.24, 2.45) is 0 Å². The highest BCUT2D eigenvalue weighted by molar-refractivity contribution is 6.31. The normalized spacial score (nSPS) is 15.4. The molecule has 5 nitrogen and oxygen atoms in total. The van der Waals surface area contributed by atoms with Crippen molar-refractivity contribution in [3.05, 3.63) is 57.6 Å². The summed E-state index contributed by atoms with van der Waals surface area (Å²) in [6.45, 7) is 6.17. The number of fused-ring (bicyclic) bond motifs is 1. The Bertz CT molecular complexity index is 992. The fourth-order valence-corrected chi connectivity index (χ4v) is 3.26. The van der Waals surface area contributed by atoms with Crippen LogP contribution in [0.3, 0.4) is 0 Å². The molecule has 144 valence electrons. The zero-order valence-corrected chi connectivity index (χ0v) is 16.8. The van der Waals surface area contributed by atoms with E-state index in [4.69, 9.17) is 21.1 Å². The summed E-state index contributed by atoms with van der Waals surface area (Å²) in [6.07, 6.45) is 2.42. The molecule has 1 aliphatic heterocycles. The maximum Gasteiger partial charge on any atom is 0.266 e. The largest absolute Gasteiger partial charge is 0.493 e. The van der Waals surface area contributed by atoms with E-state index in [1.54, 1.807) is 25.1 Å². The molecule has 0 spiro atoms. The van der Waals surface area contributed by atoms with Crippen LogP contribution in [-0.4, -0.2) is 18.6 Å². The number of rotatable bonds is 5. The number of halogens is 1. The molecule has 1 heterocycles. The Hall–Kier alpha value is -2.97. The number of carbonyl (C=O) groups is 1. The zero-order chi connectivity index (χ0) is 20.3. The van der Waals surface area contributed by atoms with E-state index in [9.17, 15) is 10.1 Å². The molecule has 2 aromatic rings. The third-order valence-corrected chi connectivity index (χ3v) is 4.92. The molecule has 0 radical (unpaired) electrons. The first-order chi connectivity index (χ1) is 13.4. The predicted octanol–water partition coefficient (Wildman–Crippen LogP) is 4.92. The van der Waals surface area contributed by atoms with Gasteiger partial charge in [-0.1, -0.05) is 17.7 Å². The molecule has 0 bridgehead atoms. The van der Waals surface area contributed by atoms with Gasteiger partial charge < -0.3 is 14.8 Å². The minimum Gasteiger partial charge on any atom is -0.493 e. The molecule has 2 aromatic carbocycles. The van der Waals surface area contributed by atoms with Crippen LogP contribution >= 0.6 is 11.6 Å². The minimum absolute atomic E-state index is 0.0358. The van der Waals surface area contributed by atoms with E-state index in [-0.39, 0.29) is 11.7 Å². The number of nitriles is 1. The molecule has 0 aromatic heterocycles. The lowest BCUT2D eigenvalue weighted by molar-refractivity contribution is -0.112. The molecular weight excluding hydrogens is 376 g/mol. The van der Waals surface area contributed by atoms with Crippen molar-refractivity contribution in [1.29, 1.82) is 5.26 Å². The highest BCUT2D eigenvalue weighted by Gasteiger charge is 2.22. The van der Waals surface area contributed by atoms with E-state index in [1.165, 1.54) is 6.08 Å². The van der Waals surface area contributed by atoms with Gasteiger partial charge in [0, 0.05) is 28.3 Å². The van der Waals surface area contributed by atoms with E-state index in [2.05, 4.69) is 5.32 Å². The summed E-state index contributed by atoms with van der Waals surface area (Å²) in [5, 5.41) is 12.8. The summed E-state index contributed by atoms with van der Waals surface area (Å²) in [5.41, 5.74) is 2.96. The second kappa shape index (κ2) is 8.37. The molecule has 0 unspecified atom stereocenters. The Balaban J connectivity index is 1.94. The van der Waals surface area contributed by atoms with Gasteiger partial charge >= 0.3 is 0 Å². The van der Waals surface area contributed by atoms with E-state index in [0.717, 1.165) is 23.3 Å².